The second kappa shape index (κ2) is 8.00. The van der Waals surface area contributed by atoms with Gasteiger partial charge in [-0.2, -0.15) is 0 Å². The fourth-order valence-corrected chi connectivity index (χ4v) is 2.32. The predicted molar refractivity (Wildman–Crippen MR) is 79.2 cm³/mol. The highest BCUT2D eigenvalue weighted by molar-refractivity contribution is 5.85. The Kier molecular flexibility index (Phi) is 7.88. The smallest absolute Gasteiger partial charge is 0.222 e. The highest BCUT2D eigenvalue weighted by atomic mass is 35.5. The maximum atomic E-state index is 12.0. The molecule has 0 atom stereocenters. The van der Waals surface area contributed by atoms with Gasteiger partial charge in [0.25, 0.3) is 0 Å². The quantitative estimate of drug-likeness (QED) is 0.856. The number of hydrogen-bond donors (Lipinski definition) is 1. The van der Waals surface area contributed by atoms with Crippen molar-refractivity contribution in [3.8, 4) is 0 Å². The van der Waals surface area contributed by atoms with Crippen LogP contribution in [-0.4, -0.2) is 37.5 Å². The lowest BCUT2D eigenvalue weighted by atomic mass is 9.90. The third kappa shape index (κ3) is 6.60. The Morgan fingerprint density at radius 3 is 2.28 bits per heavy atom. The van der Waals surface area contributed by atoms with E-state index in [0.29, 0.717) is 12.3 Å². The Labute approximate surface area is 118 Å². The third-order valence-corrected chi connectivity index (χ3v) is 3.55. The van der Waals surface area contributed by atoms with Gasteiger partial charge >= 0.3 is 0 Å². The average Bonchev–Trinajstić information content (AvgIpc) is 2.26. The maximum absolute atomic E-state index is 12.0. The van der Waals surface area contributed by atoms with Crippen LogP contribution in [0.5, 0.6) is 0 Å². The minimum Gasteiger partial charge on any atom is -0.343 e. The summed E-state index contributed by atoms with van der Waals surface area (Å²) in [5, 5.41) is 3.22. The average molecular weight is 277 g/mol. The molecule has 1 heterocycles. The molecular weight excluding hydrogens is 248 g/mol. The van der Waals surface area contributed by atoms with Gasteiger partial charge in [-0.25, -0.2) is 0 Å². The number of nitrogens with one attached hydrogen (secondary N) is 1. The zero-order valence-electron chi connectivity index (χ0n) is 12.3. The molecule has 1 amide bonds. The van der Waals surface area contributed by atoms with E-state index in [1.807, 2.05) is 7.05 Å². The second-order valence-electron chi connectivity index (χ2n) is 6.44. The van der Waals surface area contributed by atoms with Crippen molar-refractivity contribution in [3.63, 3.8) is 0 Å². The Morgan fingerprint density at radius 1 is 1.28 bits per heavy atom. The SMILES string of the molecule is CNCC1CCN(C(=O)CCC(C)(C)C)CC1.Cl. The van der Waals surface area contributed by atoms with Crippen LogP contribution in [0.3, 0.4) is 0 Å². The van der Waals surface area contributed by atoms with Crippen LogP contribution in [0, 0.1) is 11.3 Å². The molecule has 4 heteroatoms. The van der Waals surface area contributed by atoms with E-state index in [9.17, 15) is 4.79 Å². The van der Waals surface area contributed by atoms with Crippen molar-refractivity contribution in [2.75, 3.05) is 26.7 Å². The summed E-state index contributed by atoms with van der Waals surface area (Å²) >= 11 is 0. The number of piperidine rings is 1. The molecule has 0 radical (unpaired) electrons. The van der Waals surface area contributed by atoms with Crippen molar-refractivity contribution >= 4 is 18.3 Å². The number of carbonyl (C=O) groups is 1. The van der Waals surface area contributed by atoms with Crippen molar-refractivity contribution in [1.29, 1.82) is 0 Å². The standard InChI is InChI=1S/C14H28N2O.ClH/c1-14(2,3)8-5-13(17)16-9-6-12(7-10-16)11-15-4;/h12,15H,5-11H2,1-4H3;1H. The van der Waals surface area contributed by atoms with E-state index in [0.717, 1.165) is 44.8 Å². The van der Waals surface area contributed by atoms with Crippen LogP contribution < -0.4 is 5.32 Å². The van der Waals surface area contributed by atoms with Crippen LogP contribution in [0.1, 0.15) is 46.5 Å². The van der Waals surface area contributed by atoms with E-state index in [1.54, 1.807) is 0 Å². The first-order valence-electron chi connectivity index (χ1n) is 6.85. The van der Waals surface area contributed by atoms with Gasteiger partial charge in [0.05, 0.1) is 0 Å². The molecule has 1 aliphatic rings. The number of rotatable bonds is 4. The molecule has 0 aromatic heterocycles. The first-order valence-corrected chi connectivity index (χ1v) is 6.85. The van der Waals surface area contributed by atoms with Crippen LogP contribution in [0.4, 0.5) is 0 Å². The zero-order valence-corrected chi connectivity index (χ0v) is 13.1. The summed E-state index contributed by atoms with van der Waals surface area (Å²) < 4.78 is 0. The fraction of sp³-hybridized carbons (Fsp3) is 0.929. The highest BCUT2D eigenvalue weighted by Crippen LogP contribution is 2.23. The van der Waals surface area contributed by atoms with Crippen molar-refractivity contribution in [1.82, 2.24) is 10.2 Å². The van der Waals surface area contributed by atoms with Crippen LogP contribution in [0.2, 0.25) is 0 Å². The molecule has 1 saturated heterocycles. The molecule has 0 bridgehead atoms. The minimum absolute atomic E-state index is 0. The Balaban J connectivity index is 0.00000289. The molecule has 0 aromatic rings. The van der Waals surface area contributed by atoms with E-state index in [1.165, 1.54) is 0 Å². The molecule has 0 saturated carbocycles. The van der Waals surface area contributed by atoms with E-state index in [-0.39, 0.29) is 17.8 Å². The summed E-state index contributed by atoms with van der Waals surface area (Å²) in [6, 6.07) is 0. The number of hydrogen-bond acceptors (Lipinski definition) is 2. The first kappa shape index (κ1) is 17.7. The summed E-state index contributed by atoms with van der Waals surface area (Å²) in [7, 11) is 2.00. The van der Waals surface area contributed by atoms with Crippen molar-refractivity contribution < 1.29 is 4.79 Å². The number of amides is 1. The van der Waals surface area contributed by atoms with Gasteiger partial charge in [-0.3, -0.25) is 4.79 Å². The summed E-state index contributed by atoms with van der Waals surface area (Å²) in [5.74, 6) is 1.11. The molecular formula is C14H29ClN2O. The normalized spacial score (nSPS) is 17.4. The lowest BCUT2D eigenvalue weighted by Gasteiger charge is -2.32. The summed E-state index contributed by atoms with van der Waals surface area (Å²) in [4.78, 5) is 14.1. The van der Waals surface area contributed by atoms with Crippen molar-refractivity contribution in [3.05, 3.63) is 0 Å². The molecule has 1 fully saturated rings. The molecule has 1 N–H and O–H groups in total. The summed E-state index contributed by atoms with van der Waals surface area (Å²) in [5.41, 5.74) is 0.264. The Morgan fingerprint density at radius 2 is 1.83 bits per heavy atom. The lowest BCUT2D eigenvalue weighted by molar-refractivity contribution is -0.133. The third-order valence-electron chi connectivity index (χ3n) is 3.55. The van der Waals surface area contributed by atoms with E-state index < -0.39 is 0 Å². The lowest BCUT2D eigenvalue weighted by Crippen LogP contribution is -2.40. The molecule has 0 aliphatic carbocycles. The number of carbonyl (C=O) groups excluding carboxylic acids is 1. The predicted octanol–water partition coefficient (Wildman–Crippen LogP) is 2.69. The van der Waals surface area contributed by atoms with Gasteiger partial charge in [-0.15, -0.1) is 12.4 Å². The molecule has 0 spiro atoms. The topological polar surface area (TPSA) is 32.3 Å². The Bertz CT molecular complexity index is 243. The van der Waals surface area contributed by atoms with Gasteiger partial charge in [0, 0.05) is 19.5 Å². The van der Waals surface area contributed by atoms with Gasteiger partial charge in [0.1, 0.15) is 0 Å². The van der Waals surface area contributed by atoms with Crippen LogP contribution in [0.25, 0.3) is 0 Å². The fourth-order valence-electron chi connectivity index (χ4n) is 2.32. The second-order valence-corrected chi connectivity index (χ2v) is 6.44. The van der Waals surface area contributed by atoms with Gasteiger partial charge in [0.2, 0.25) is 5.91 Å². The highest BCUT2D eigenvalue weighted by Gasteiger charge is 2.23. The molecule has 108 valence electrons. The largest absolute Gasteiger partial charge is 0.343 e. The van der Waals surface area contributed by atoms with Gasteiger partial charge in [-0.1, -0.05) is 20.8 Å². The van der Waals surface area contributed by atoms with E-state index in [2.05, 4.69) is 31.0 Å². The number of nitrogens with zero attached hydrogens (tertiary/aromatic N) is 1. The van der Waals surface area contributed by atoms with E-state index in [4.69, 9.17) is 0 Å². The number of halogens is 1. The van der Waals surface area contributed by atoms with Crippen LogP contribution in [0.15, 0.2) is 0 Å². The minimum atomic E-state index is 0. The summed E-state index contributed by atoms with van der Waals surface area (Å²) in [6.07, 6.45) is 4.01. The van der Waals surface area contributed by atoms with Gasteiger partial charge in [-0.05, 0) is 44.2 Å². The van der Waals surface area contributed by atoms with Gasteiger partial charge in [0.15, 0.2) is 0 Å². The Hall–Kier alpha value is -0.280. The molecule has 0 unspecified atom stereocenters. The molecule has 1 aliphatic heterocycles. The van der Waals surface area contributed by atoms with Gasteiger partial charge < -0.3 is 10.2 Å². The van der Waals surface area contributed by atoms with Crippen LogP contribution >= 0.6 is 12.4 Å². The molecule has 1 rings (SSSR count). The monoisotopic (exact) mass is 276 g/mol. The van der Waals surface area contributed by atoms with Crippen molar-refractivity contribution in [2.45, 2.75) is 46.5 Å². The van der Waals surface area contributed by atoms with E-state index >= 15 is 0 Å². The molecule has 18 heavy (non-hydrogen) atoms. The zero-order chi connectivity index (χ0) is 12.9. The number of likely N-dealkylation sites (tertiary alicyclic amines) is 1. The summed E-state index contributed by atoms with van der Waals surface area (Å²) in [6.45, 7) is 9.58. The first-order chi connectivity index (χ1) is 7.92. The van der Waals surface area contributed by atoms with Crippen LogP contribution in [-0.2, 0) is 4.79 Å². The van der Waals surface area contributed by atoms with Crippen molar-refractivity contribution in [2.24, 2.45) is 11.3 Å². The molecule has 3 nitrogen and oxygen atoms in total. The maximum Gasteiger partial charge on any atom is 0.222 e. The molecule has 0 aromatic carbocycles.